The van der Waals surface area contributed by atoms with Gasteiger partial charge in [0.2, 0.25) is 5.91 Å². The quantitative estimate of drug-likeness (QED) is 0.0801. The highest BCUT2D eigenvalue weighted by Crippen LogP contribution is 2.28. The van der Waals surface area contributed by atoms with Crippen molar-refractivity contribution in [3.8, 4) is 0 Å². The molecule has 2 radical (unpaired) electrons. The Morgan fingerprint density at radius 2 is 1.55 bits per heavy atom. The van der Waals surface area contributed by atoms with Crippen LogP contribution in [0.4, 0.5) is 0 Å². The van der Waals surface area contributed by atoms with Gasteiger partial charge in [-0.1, -0.05) is 84.0 Å². The summed E-state index contributed by atoms with van der Waals surface area (Å²) in [5, 5.41) is 12.7. The summed E-state index contributed by atoms with van der Waals surface area (Å²) >= 11 is 1.27. The van der Waals surface area contributed by atoms with Gasteiger partial charge in [-0.15, -0.1) is 0 Å². The Kier molecular flexibility index (Phi) is 23.0. The minimum Gasteiger partial charge on any atom is -0.394 e. The second-order valence-electron chi connectivity index (χ2n) is 10.6. The fourth-order valence-electron chi connectivity index (χ4n) is 5.00. The second kappa shape index (κ2) is 24.5. The molecule has 1 heterocycles. The standard InChI is InChI=1S/C29H56BNO6S/c1-4-5-6-7-8-9-10-11-12-13-14-15-16-20-26(33)31-24(22-32)19-17-18-21-35-28-27(37-38-3)25(23-34-2)36-29(28)30/h24-25,27-29,32H,4-23H2,1-3H3,(H,31,33)/t24?,25-,27?,28?,29-/m1/s1. The van der Waals surface area contributed by atoms with E-state index in [1.807, 2.05) is 6.26 Å². The third-order valence-electron chi connectivity index (χ3n) is 7.23. The van der Waals surface area contributed by atoms with E-state index in [9.17, 15) is 9.90 Å². The van der Waals surface area contributed by atoms with Gasteiger partial charge in [0.15, 0.2) is 0 Å². The zero-order chi connectivity index (χ0) is 27.8. The summed E-state index contributed by atoms with van der Waals surface area (Å²) in [6, 6.07) is -0.762. The molecule has 0 aliphatic carbocycles. The summed E-state index contributed by atoms with van der Waals surface area (Å²) in [4.78, 5) is 12.3. The van der Waals surface area contributed by atoms with E-state index in [0.29, 0.717) is 26.1 Å². The molecule has 5 atom stereocenters. The molecule has 0 spiro atoms. The molecule has 0 saturated carbocycles. The molecule has 1 fully saturated rings. The molecule has 0 aromatic rings. The van der Waals surface area contributed by atoms with Gasteiger partial charge in [-0.3, -0.25) is 4.79 Å². The van der Waals surface area contributed by atoms with Gasteiger partial charge in [0.25, 0.3) is 0 Å². The second-order valence-corrected chi connectivity index (χ2v) is 11.1. The van der Waals surface area contributed by atoms with Crippen LogP contribution in [0.5, 0.6) is 0 Å². The highest BCUT2D eigenvalue weighted by molar-refractivity contribution is 7.93. The van der Waals surface area contributed by atoms with Crippen molar-refractivity contribution in [2.75, 3.05) is 33.2 Å². The molecule has 9 heteroatoms. The summed E-state index contributed by atoms with van der Waals surface area (Å²) < 4.78 is 22.6. The van der Waals surface area contributed by atoms with Crippen LogP contribution in [-0.4, -0.2) is 82.4 Å². The first-order valence-corrected chi connectivity index (χ1v) is 16.3. The average Bonchev–Trinajstić information content (AvgIpc) is 3.19. The van der Waals surface area contributed by atoms with Crippen LogP contribution in [-0.2, 0) is 23.2 Å². The molecule has 3 unspecified atom stereocenters. The molecular weight excluding hydrogens is 501 g/mol. The maximum atomic E-state index is 12.3. The number of methoxy groups -OCH3 is 1. The molecule has 222 valence electrons. The Labute approximate surface area is 238 Å². The Hall–Kier alpha value is -0.315. The average molecular weight is 558 g/mol. The van der Waals surface area contributed by atoms with Gasteiger partial charge < -0.3 is 28.8 Å². The van der Waals surface area contributed by atoms with E-state index < -0.39 is 6.00 Å². The molecule has 1 aliphatic heterocycles. The largest absolute Gasteiger partial charge is 0.394 e. The first-order valence-electron chi connectivity index (χ1n) is 15.2. The molecule has 38 heavy (non-hydrogen) atoms. The third kappa shape index (κ3) is 16.7. The van der Waals surface area contributed by atoms with Crippen molar-refractivity contribution in [3.05, 3.63) is 0 Å². The number of nitrogens with one attached hydrogen (secondary N) is 1. The highest BCUT2D eigenvalue weighted by atomic mass is 32.2. The number of hydrogen-bond donors (Lipinski definition) is 2. The van der Waals surface area contributed by atoms with Gasteiger partial charge in [0.1, 0.15) is 26.2 Å². The van der Waals surface area contributed by atoms with Crippen molar-refractivity contribution in [2.45, 2.75) is 146 Å². The Morgan fingerprint density at radius 3 is 2.11 bits per heavy atom. The number of rotatable bonds is 26. The first-order chi connectivity index (χ1) is 18.6. The van der Waals surface area contributed by atoms with E-state index in [4.69, 9.17) is 26.2 Å². The predicted molar refractivity (Wildman–Crippen MR) is 158 cm³/mol. The fraction of sp³-hybridized carbons (Fsp3) is 0.966. The van der Waals surface area contributed by atoms with Crippen LogP contribution in [0.2, 0.25) is 0 Å². The first kappa shape index (κ1) is 35.7. The Bertz CT molecular complexity index is 561. The van der Waals surface area contributed by atoms with E-state index in [1.54, 1.807) is 7.11 Å². The van der Waals surface area contributed by atoms with Gasteiger partial charge in [0, 0.05) is 32.4 Å². The molecule has 0 aromatic heterocycles. The van der Waals surface area contributed by atoms with Crippen LogP contribution in [0, 0.1) is 0 Å². The van der Waals surface area contributed by atoms with Gasteiger partial charge in [-0.05, 0) is 37.7 Å². The normalized spacial score (nSPS) is 22.1. The molecule has 1 rings (SSSR count). The Balaban J connectivity index is 2.05. The highest BCUT2D eigenvalue weighted by Gasteiger charge is 2.43. The van der Waals surface area contributed by atoms with Crippen molar-refractivity contribution >= 4 is 25.8 Å². The van der Waals surface area contributed by atoms with Gasteiger partial charge in [-0.25, -0.2) is 0 Å². The zero-order valence-electron chi connectivity index (χ0n) is 24.5. The van der Waals surface area contributed by atoms with E-state index in [2.05, 4.69) is 12.2 Å². The summed E-state index contributed by atoms with van der Waals surface area (Å²) in [6.07, 6.45) is 20.7. The van der Waals surface area contributed by atoms with Crippen LogP contribution in [0.3, 0.4) is 0 Å². The van der Waals surface area contributed by atoms with E-state index in [-0.39, 0.29) is 36.9 Å². The van der Waals surface area contributed by atoms with Crippen LogP contribution >= 0.6 is 12.0 Å². The number of hydrogen-bond acceptors (Lipinski definition) is 7. The topological polar surface area (TPSA) is 86.2 Å². The zero-order valence-corrected chi connectivity index (χ0v) is 25.3. The van der Waals surface area contributed by atoms with Crippen molar-refractivity contribution in [3.63, 3.8) is 0 Å². The number of amides is 1. The van der Waals surface area contributed by atoms with E-state index in [1.165, 1.54) is 82.7 Å². The minimum atomic E-state index is -0.554. The maximum Gasteiger partial charge on any atom is 0.220 e. The van der Waals surface area contributed by atoms with Crippen LogP contribution in [0.25, 0.3) is 0 Å². The summed E-state index contributed by atoms with van der Waals surface area (Å²) in [5.41, 5.74) is 0. The summed E-state index contributed by atoms with van der Waals surface area (Å²) in [7, 11) is 7.72. The predicted octanol–water partition coefficient (Wildman–Crippen LogP) is 5.70. The van der Waals surface area contributed by atoms with E-state index >= 15 is 0 Å². The van der Waals surface area contributed by atoms with Crippen molar-refractivity contribution in [2.24, 2.45) is 0 Å². The molecular formula is C29H56BNO6S. The summed E-state index contributed by atoms with van der Waals surface area (Å²) in [5.74, 6) is 0.0405. The molecule has 0 bridgehead atoms. The Morgan fingerprint density at radius 1 is 0.947 bits per heavy atom. The van der Waals surface area contributed by atoms with Crippen molar-refractivity contribution in [1.82, 2.24) is 5.32 Å². The molecule has 1 aliphatic rings. The van der Waals surface area contributed by atoms with Gasteiger partial charge in [0.05, 0.1) is 19.3 Å². The SMILES string of the molecule is [B][C@@H]1O[C@H](COC)C(OSC)C1OCCCCC(CO)NC(=O)CCCCCCCCCCCCCCC. The number of aliphatic hydroxyl groups is 1. The maximum absolute atomic E-state index is 12.3. The van der Waals surface area contributed by atoms with Crippen LogP contribution in [0.15, 0.2) is 0 Å². The van der Waals surface area contributed by atoms with Crippen LogP contribution in [0.1, 0.15) is 116 Å². The molecule has 0 aromatic carbocycles. The van der Waals surface area contributed by atoms with Crippen molar-refractivity contribution < 1.29 is 28.3 Å². The molecule has 7 nitrogen and oxygen atoms in total. The van der Waals surface area contributed by atoms with E-state index in [0.717, 1.165) is 25.7 Å². The lowest BCUT2D eigenvalue weighted by molar-refractivity contribution is -0.122. The monoisotopic (exact) mass is 557 g/mol. The summed E-state index contributed by atoms with van der Waals surface area (Å²) in [6.45, 7) is 3.13. The van der Waals surface area contributed by atoms with Crippen LogP contribution < -0.4 is 5.32 Å². The number of ether oxygens (including phenoxy) is 3. The fourth-order valence-corrected chi connectivity index (χ4v) is 5.45. The van der Waals surface area contributed by atoms with Crippen molar-refractivity contribution in [1.29, 1.82) is 0 Å². The minimum absolute atomic E-state index is 0.0405. The lowest BCUT2D eigenvalue weighted by atomic mass is 9.93. The number of carbonyl (C=O) groups is 1. The smallest absolute Gasteiger partial charge is 0.220 e. The number of carbonyl (C=O) groups excluding carboxylic acids is 1. The van der Waals surface area contributed by atoms with Gasteiger partial charge in [-0.2, -0.15) is 0 Å². The van der Waals surface area contributed by atoms with Gasteiger partial charge >= 0.3 is 0 Å². The lowest BCUT2D eigenvalue weighted by Crippen LogP contribution is -2.38. The molecule has 1 amide bonds. The number of aliphatic hydroxyl groups excluding tert-OH is 1. The molecule has 1 saturated heterocycles. The third-order valence-corrected chi connectivity index (χ3v) is 7.65. The lowest BCUT2D eigenvalue weighted by Gasteiger charge is -2.23. The molecule has 2 N–H and O–H groups in total. The number of unbranched alkanes of at least 4 members (excludes halogenated alkanes) is 13.